The number of carbonyl (C=O) groups is 3. The number of carboxylic acid groups (broad SMARTS) is 1. The van der Waals surface area contributed by atoms with Crippen molar-refractivity contribution in [3.63, 3.8) is 0 Å². The number of nitrogens with one attached hydrogen (secondary N) is 2. The van der Waals surface area contributed by atoms with E-state index < -0.39 is 18.2 Å². The Bertz CT molecular complexity index is 1030. The van der Waals surface area contributed by atoms with E-state index in [0.29, 0.717) is 25.7 Å². The summed E-state index contributed by atoms with van der Waals surface area (Å²) in [5.74, 6) is -1.03. The van der Waals surface area contributed by atoms with Gasteiger partial charge in [0.15, 0.2) is 0 Å². The number of alkyl carbamates (subject to hydrolysis) is 1. The van der Waals surface area contributed by atoms with E-state index in [-0.39, 0.29) is 43.5 Å². The van der Waals surface area contributed by atoms with Crippen molar-refractivity contribution in [2.75, 3.05) is 13.2 Å². The van der Waals surface area contributed by atoms with E-state index in [0.717, 1.165) is 11.1 Å². The highest BCUT2D eigenvalue weighted by Gasteiger charge is 2.32. The molecule has 4 rings (SSSR count). The summed E-state index contributed by atoms with van der Waals surface area (Å²) < 4.78 is 11.4. The zero-order chi connectivity index (χ0) is 24.8. The van der Waals surface area contributed by atoms with Gasteiger partial charge < -0.3 is 25.2 Å². The molecule has 2 aliphatic rings. The van der Waals surface area contributed by atoms with Crippen LogP contribution in [-0.2, 0) is 19.1 Å². The Balaban J connectivity index is 1.19. The lowest BCUT2D eigenvalue weighted by molar-refractivity contribution is -0.137. The molecule has 1 heterocycles. The summed E-state index contributed by atoms with van der Waals surface area (Å²) in [5.41, 5.74) is 4.67. The molecule has 3 unspecified atom stereocenters. The zero-order valence-electron chi connectivity index (χ0n) is 19.9. The molecule has 1 saturated heterocycles. The number of hydrogen-bond donors (Lipinski definition) is 3. The van der Waals surface area contributed by atoms with Crippen molar-refractivity contribution in [2.45, 2.75) is 63.2 Å². The van der Waals surface area contributed by atoms with Gasteiger partial charge in [0.25, 0.3) is 0 Å². The van der Waals surface area contributed by atoms with Crippen LogP contribution >= 0.6 is 0 Å². The van der Waals surface area contributed by atoms with Gasteiger partial charge in [-0.15, -0.1) is 0 Å². The first-order valence-corrected chi connectivity index (χ1v) is 12.2. The van der Waals surface area contributed by atoms with Crippen LogP contribution in [0.4, 0.5) is 4.79 Å². The molecule has 0 saturated carbocycles. The van der Waals surface area contributed by atoms with Crippen LogP contribution in [0.2, 0.25) is 0 Å². The van der Waals surface area contributed by atoms with Gasteiger partial charge in [0.1, 0.15) is 12.7 Å². The molecule has 2 aromatic rings. The van der Waals surface area contributed by atoms with E-state index in [1.165, 1.54) is 11.1 Å². The molecule has 8 nitrogen and oxygen atoms in total. The monoisotopic (exact) mass is 480 g/mol. The number of carboxylic acids is 1. The molecule has 3 N–H and O–H groups in total. The average Bonchev–Trinajstić information content (AvgIpc) is 3.44. The molecule has 2 amide bonds. The van der Waals surface area contributed by atoms with Crippen LogP contribution in [0.5, 0.6) is 0 Å². The van der Waals surface area contributed by atoms with Crippen LogP contribution in [0.1, 0.15) is 56.1 Å². The first-order valence-electron chi connectivity index (χ1n) is 12.2. The standard InChI is InChI=1S/C27H32N2O6/c1-17(7-6-12-25(30)31)29-26(32)24-14-13-18(35-24)15-28-27(33)34-16-23-21-10-4-2-8-19(21)20-9-3-5-11-22(20)23/h2-5,8-11,17-18,23-24H,6-7,12-16H2,1H3,(H,28,33)(H,29,32)(H,30,31). The van der Waals surface area contributed by atoms with Gasteiger partial charge in [-0.2, -0.15) is 0 Å². The number of benzene rings is 2. The number of fused-ring (bicyclic) bond motifs is 3. The van der Waals surface area contributed by atoms with Gasteiger partial charge >= 0.3 is 12.1 Å². The third-order valence-corrected chi connectivity index (χ3v) is 6.63. The van der Waals surface area contributed by atoms with Crippen LogP contribution in [0.15, 0.2) is 48.5 Å². The lowest BCUT2D eigenvalue weighted by atomic mass is 9.98. The van der Waals surface area contributed by atoms with Crippen molar-refractivity contribution < 1.29 is 29.0 Å². The second-order valence-electron chi connectivity index (χ2n) is 9.23. The molecule has 0 spiro atoms. The largest absolute Gasteiger partial charge is 0.481 e. The van der Waals surface area contributed by atoms with Gasteiger partial charge in [-0.1, -0.05) is 48.5 Å². The summed E-state index contributed by atoms with van der Waals surface area (Å²) in [4.78, 5) is 35.4. The van der Waals surface area contributed by atoms with Crippen LogP contribution in [-0.4, -0.2) is 54.5 Å². The van der Waals surface area contributed by atoms with E-state index >= 15 is 0 Å². The smallest absolute Gasteiger partial charge is 0.407 e. The van der Waals surface area contributed by atoms with Crippen molar-refractivity contribution in [2.24, 2.45) is 0 Å². The van der Waals surface area contributed by atoms with Gasteiger partial charge in [-0.05, 0) is 54.9 Å². The Hall–Kier alpha value is -3.39. The normalized spacial score (nSPS) is 19.5. The predicted octanol–water partition coefficient (Wildman–Crippen LogP) is 3.83. The summed E-state index contributed by atoms with van der Waals surface area (Å²) in [6.07, 6.45) is 1.10. The summed E-state index contributed by atoms with van der Waals surface area (Å²) in [6, 6.07) is 16.2. The van der Waals surface area contributed by atoms with Crippen LogP contribution < -0.4 is 10.6 Å². The molecular formula is C27H32N2O6. The Morgan fingerprint density at radius 2 is 1.71 bits per heavy atom. The number of ether oxygens (including phenoxy) is 2. The molecule has 35 heavy (non-hydrogen) atoms. The molecule has 0 radical (unpaired) electrons. The maximum Gasteiger partial charge on any atom is 0.407 e. The Morgan fingerprint density at radius 3 is 2.37 bits per heavy atom. The van der Waals surface area contributed by atoms with Crippen LogP contribution in [0, 0.1) is 0 Å². The molecular weight excluding hydrogens is 448 g/mol. The van der Waals surface area contributed by atoms with Crippen molar-refractivity contribution >= 4 is 18.0 Å². The SMILES string of the molecule is CC(CCCC(=O)O)NC(=O)C1CCC(CNC(=O)OCC2c3ccccc3-c3ccccc32)O1. The number of aliphatic carboxylic acids is 1. The number of hydrogen-bond acceptors (Lipinski definition) is 5. The highest BCUT2D eigenvalue weighted by molar-refractivity contribution is 5.81. The summed E-state index contributed by atoms with van der Waals surface area (Å²) >= 11 is 0. The second-order valence-corrected chi connectivity index (χ2v) is 9.23. The van der Waals surface area contributed by atoms with Gasteiger partial charge in [0, 0.05) is 24.9 Å². The Labute approximate surface area is 205 Å². The van der Waals surface area contributed by atoms with Crippen molar-refractivity contribution in [1.29, 1.82) is 0 Å². The average molecular weight is 481 g/mol. The molecule has 0 bridgehead atoms. The fourth-order valence-corrected chi connectivity index (χ4v) is 4.86. The van der Waals surface area contributed by atoms with Crippen molar-refractivity contribution in [3.05, 3.63) is 59.7 Å². The minimum atomic E-state index is -0.839. The van der Waals surface area contributed by atoms with Gasteiger partial charge in [0.2, 0.25) is 5.91 Å². The number of amides is 2. The van der Waals surface area contributed by atoms with Crippen molar-refractivity contribution in [3.8, 4) is 11.1 Å². The second kappa shape index (κ2) is 11.4. The van der Waals surface area contributed by atoms with Crippen LogP contribution in [0.3, 0.4) is 0 Å². The lowest BCUT2D eigenvalue weighted by Crippen LogP contribution is -2.41. The van der Waals surface area contributed by atoms with Gasteiger partial charge in [0.05, 0.1) is 6.10 Å². The van der Waals surface area contributed by atoms with Gasteiger partial charge in [-0.3, -0.25) is 9.59 Å². The van der Waals surface area contributed by atoms with E-state index in [4.69, 9.17) is 14.6 Å². The topological polar surface area (TPSA) is 114 Å². The fourth-order valence-electron chi connectivity index (χ4n) is 4.86. The maximum atomic E-state index is 12.4. The third-order valence-electron chi connectivity index (χ3n) is 6.63. The maximum absolute atomic E-state index is 12.4. The number of rotatable bonds is 10. The van der Waals surface area contributed by atoms with E-state index in [1.807, 2.05) is 31.2 Å². The van der Waals surface area contributed by atoms with E-state index in [2.05, 4.69) is 34.9 Å². The van der Waals surface area contributed by atoms with Gasteiger partial charge in [-0.25, -0.2) is 4.79 Å². The number of carbonyl (C=O) groups excluding carboxylic acids is 2. The summed E-state index contributed by atoms with van der Waals surface area (Å²) in [6.45, 7) is 2.37. The molecule has 1 aliphatic carbocycles. The highest BCUT2D eigenvalue weighted by Crippen LogP contribution is 2.44. The minimum absolute atomic E-state index is 0.00134. The molecule has 1 aliphatic heterocycles. The van der Waals surface area contributed by atoms with E-state index in [9.17, 15) is 14.4 Å². The third kappa shape index (κ3) is 6.19. The molecule has 186 valence electrons. The molecule has 8 heteroatoms. The lowest BCUT2D eigenvalue weighted by Gasteiger charge is -2.18. The Kier molecular flexibility index (Phi) is 8.02. The molecule has 3 atom stereocenters. The van der Waals surface area contributed by atoms with Crippen molar-refractivity contribution in [1.82, 2.24) is 10.6 Å². The quantitative estimate of drug-likeness (QED) is 0.476. The summed E-state index contributed by atoms with van der Waals surface area (Å²) in [5, 5.41) is 14.4. The first-order chi connectivity index (χ1) is 16.9. The highest BCUT2D eigenvalue weighted by atomic mass is 16.5. The van der Waals surface area contributed by atoms with Crippen LogP contribution in [0.25, 0.3) is 11.1 Å². The molecule has 0 aromatic heterocycles. The van der Waals surface area contributed by atoms with E-state index in [1.54, 1.807) is 0 Å². The first kappa shape index (κ1) is 24.7. The minimum Gasteiger partial charge on any atom is -0.481 e. The Morgan fingerprint density at radius 1 is 1.06 bits per heavy atom. The molecule has 1 fully saturated rings. The predicted molar refractivity (Wildman–Crippen MR) is 130 cm³/mol. The fraction of sp³-hybridized carbons (Fsp3) is 0.444. The molecule has 2 aromatic carbocycles. The zero-order valence-corrected chi connectivity index (χ0v) is 19.9. The summed E-state index contributed by atoms with van der Waals surface area (Å²) in [7, 11) is 0.